The summed E-state index contributed by atoms with van der Waals surface area (Å²) in [7, 11) is 1.87. The van der Waals surface area contributed by atoms with E-state index in [0.717, 1.165) is 12.2 Å². The second kappa shape index (κ2) is 2.77. The summed E-state index contributed by atoms with van der Waals surface area (Å²) < 4.78 is 3.57. The van der Waals surface area contributed by atoms with E-state index >= 15 is 0 Å². The molecule has 2 rings (SSSR count). The van der Waals surface area contributed by atoms with Crippen molar-refractivity contribution in [2.24, 2.45) is 7.05 Å². The van der Waals surface area contributed by atoms with E-state index in [9.17, 15) is 0 Å². The van der Waals surface area contributed by atoms with E-state index in [2.05, 4.69) is 15.4 Å². The summed E-state index contributed by atoms with van der Waals surface area (Å²) in [5, 5.41) is 11.7. The minimum Gasteiger partial charge on any atom is -0.267 e. The molecule has 2 heterocycles. The third-order valence-corrected chi connectivity index (χ3v) is 1.69. The van der Waals surface area contributed by atoms with Gasteiger partial charge < -0.3 is 0 Å². The fraction of sp³-hybridized carbons (Fsp3) is 0.286. The van der Waals surface area contributed by atoms with Crippen LogP contribution < -0.4 is 0 Å². The molecule has 0 saturated carbocycles. The van der Waals surface area contributed by atoms with Crippen LogP contribution in [0.3, 0.4) is 0 Å². The van der Waals surface area contributed by atoms with Crippen LogP contribution in [0.2, 0.25) is 0 Å². The molecule has 0 bridgehead atoms. The summed E-state index contributed by atoms with van der Waals surface area (Å²) in [6, 6.07) is 1.89. The Morgan fingerprint density at radius 3 is 3.00 bits per heavy atom. The quantitative estimate of drug-likeness (QED) is 0.629. The molecule has 0 atom stereocenters. The molecule has 0 spiro atoms. The third kappa shape index (κ3) is 1.20. The molecule has 0 aliphatic heterocycles. The third-order valence-electron chi connectivity index (χ3n) is 1.69. The molecule has 0 fully saturated rings. The van der Waals surface area contributed by atoms with Gasteiger partial charge in [0.2, 0.25) is 0 Å². The zero-order chi connectivity index (χ0) is 8.39. The van der Waals surface area contributed by atoms with Gasteiger partial charge in [-0.2, -0.15) is 5.10 Å². The van der Waals surface area contributed by atoms with Crippen LogP contribution in [-0.4, -0.2) is 24.8 Å². The molecule has 2 aromatic rings. The molecule has 0 radical (unpaired) electrons. The van der Waals surface area contributed by atoms with Crippen LogP contribution in [0.25, 0.3) is 0 Å². The molecule has 12 heavy (non-hydrogen) atoms. The first kappa shape index (κ1) is 7.02. The second-order valence-corrected chi connectivity index (χ2v) is 2.55. The maximum Gasteiger partial charge on any atom is 0.0844 e. The van der Waals surface area contributed by atoms with Crippen molar-refractivity contribution in [1.29, 1.82) is 0 Å². The maximum absolute atomic E-state index is 4.08. The van der Waals surface area contributed by atoms with Crippen LogP contribution in [0.5, 0.6) is 0 Å². The molecular weight excluding hydrogens is 154 g/mol. The Morgan fingerprint density at radius 1 is 1.50 bits per heavy atom. The standard InChI is InChI=1S/C7H9N5/c1-11-7(5-8-10-11)6-12-4-2-3-9-12/h2-5H,6H2,1H3. The first-order valence-corrected chi connectivity index (χ1v) is 3.67. The lowest BCUT2D eigenvalue weighted by atomic mass is 10.5. The van der Waals surface area contributed by atoms with Gasteiger partial charge in [0.1, 0.15) is 0 Å². The lowest BCUT2D eigenvalue weighted by Gasteiger charge is -1.99. The SMILES string of the molecule is Cn1nncc1Cn1cccn1. The summed E-state index contributed by atoms with van der Waals surface area (Å²) >= 11 is 0. The van der Waals surface area contributed by atoms with E-state index in [-0.39, 0.29) is 0 Å². The highest BCUT2D eigenvalue weighted by molar-refractivity contribution is 4.94. The van der Waals surface area contributed by atoms with Crippen molar-refractivity contribution in [3.8, 4) is 0 Å². The van der Waals surface area contributed by atoms with Crippen molar-refractivity contribution >= 4 is 0 Å². The van der Waals surface area contributed by atoms with Crippen LogP contribution >= 0.6 is 0 Å². The van der Waals surface area contributed by atoms with Gasteiger partial charge in [-0.05, 0) is 6.07 Å². The largest absolute Gasteiger partial charge is 0.267 e. The smallest absolute Gasteiger partial charge is 0.0844 e. The van der Waals surface area contributed by atoms with Gasteiger partial charge in [0.15, 0.2) is 0 Å². The first-order chi connectivity index (χ1) is 5.86. The summed E-state index contributed by atoms with van der Waals surface area (Å²) in [5.41, 5.74) is 1.04. The summed E-state index contributed by atoms with van der Waals surface area (Å²) in [5.74, 6) is 0. The van der Waals surface area contributed by atoms with Crippen LogP contribution in [0.4, 0.5) is 0 Å². The molecule has 0 N–H and O–H groups in total. The number of aromatic nitrogens is 5. The average Bonchev–Trinajstić information content (AvgIpc) is 2.65. The van der Waals surface area contributed by atoms with E-state index in [0.29, 0.717) is 0 Å². The van der Waals surface area contributed by atoms with Crippen LogP contribution in [0.15, 0.2) is 24.7 Å². The fourth-order valence-corrected chi connectivity index (χ4v) is 1.01. The summed E-state index contributed by atoms with van der Waals surface area (Å²) in [6.07, 6.45) is 5.40. The molecule has 0 amide bonds. The normalized spacial score (nSPS) is 10.4. The van der Waals surface area contributed by atoms with E-state index in [1.54, 1.807) is 17.1 Å². The average molecular weight is 163 g/mol. The molecule has 0 aliphatic carbocycles. The predicted octanol–water partition coefficient (Wildman–Crippen LogP) is 0.0599. The maximum atomic E-state index is 4.08. The van der Waals surface area contributed by atoms with Gasteiger partial charge in [0.05, 0.1) is 18.4 Å². The fourth-order valence-electron chi connectivity index (χ4n) is 1.01. The lowest BCUT2D eigenvalue weighted by Crippen LogP contribution is -2.05. The zero-order valence-electron chi connectivity index (χ0n) is 6.75. The Kier molecular flexibility index (Phi) is 1.62. The topological polar surface area (TPSA) is 48.5 Å². The summed E-state index contributed by atoms with van der Waals surface area (Å²) in [6.45, 7) is 0.719. The van der Waals surface area contributed by atoms with Crippen molar-refractivity contribution in [1.82, 2.24) is 24.8 Å². The number of aryl methyl sites for hydroxylation is 1. The van der Waals surface area contributed by atoms with E-state index < -0.39 is 0 Å². The van der Waals surface area contributed by atoms with E-state index in [4.69, 9.17) is 0 Å². The van der Waals surface area contributed by atoms with Crippen molar-refractivity contribution in [2.75, 3.05) is 0 Å². The van der Waals surface area contributed by atoms with E-state index in [1.165, 1.54) is 0 Å². The highest BCUT2D eigenvalue weighted by atomic mass is 15.4. The Labute approximate surface area is 69.6 Å². The molecule has 0 aromatic carbocycles. The van der Waals surface area contributed by atoms with Crippen LogP contribution in [0, 0.1) is 0 Å². The van der Waals surface area contributed by atoms with Crippen molar-refractivity contribution in [2.45, 2.75) is 6.54 Å². The Balaban J connectivity index is 2.20. The Morgan fingerprint density at radius 2 is 2.42 bits per heavy atom. The van der Waals surface area contributed by atoms with Gasteiger partial charge in [-0.15, -0.1) is 5.10 Å². The molecule has 2 aromatic heterocycles. The minimum atomic E-state index is 0.719. The van der Waals surface area contributed by atoms with Gasteiger partial charge in [0, 0.05) is 19.4 Å². The highest BCUT2D eigenvalue weighted by Gasteiger charge is 1.99. The van der Waals surface area contributed by atoms with E-state index in [1.807, 2.05) is 24.0 Å². The molecule has 0 unspecified atom stereocenters. The summed E-state index contributed by atoms with van der Waals surface area (Å²) in [4.78, 5) is 0. The van der Waals surface area contributed by atoms with Gasteiger partial charge in [-0.3, -0.25) is 9.36 Å². The molecule has 5 heteroatoms. The van der Waals surface area contributed by atoms with Gasteiger partial charge in [-0.1, -0.05) is 5.21 Å². The Hall–Kier alpha value is -1.65. The number of rotatable bonds is 2. The van der Waals surface area contributed by atoms with Gasteiger partial charge >= 0.3 is 0 Å². The number of hydrogen-bond acceptors (Lipinski definition) is 3. The second-order valence-electron chi connectivity index (χ2n) is 2.55. The van der Waals surface area contributed by atoms with Crippen LogP contribution in [-0.2, 0) is 13.6 Å². The zero-order valence-corrected chi connectivity index (χ0v) is 6.75. The molecular formula is C7H9N5. The predicted molar refractivity (Wildman–Crippen MR) is 42.3 cm³/mol. The van der Waals surface area contributed by atoms with Crippen molar-refractivity contribution < 1.29 is 0 Å². The molecule has 62 valence electrons. The minimum absolute atomic E-state index is 0.719. The Bertz CT molecular complexity index is 348. The molecule has 5 nitrogen and oxygen atoms in total. The number of hydrogen-bond donors (Lipinski definition) is 0. The van der Waals surface area contributed by atoms with Crippen LogP contribution in [0.1, 0.15) is 5.69 Å². The lowest BCUT2D eigenvalue weighted by molar-refractivity contribution is 0.611. The highest BCUT2D eigenvalue weighted by Crippen LogP contribution is 1.96. The first-order valence-electron chi connectivity index (χ1n) is 3.67. The molecule has 0 saturated heterocycles. The van der Waals surface area contributed by atoms with Crippen molar-refractivity contribution in [3.05, 3.63) is 30.4 Å². The number of nitrogens with zero attached hydrogens (tertiary/aromatic N) is 5. The monoisotopic (exact) mass is 163 g/mol. The van der Waals surface area contributed by atoms with Gasteiger partial charge in [0.25, 0.3) is 0 Å². The van der Waals surface area contributed by atoms with Crippen molar-refractivity contribution in [3.63, 3.8) is 0 Å². The molecule has 0 aliphatic rings. The van der Waals surface area contributed by atoms with Gasteiger partial charge in [-0.25, -0.2) is 0 Å².